The highest BCUT2D eigenvalue weighted by Crippen LogP contribution is 2.39. The smallest absolute Gasteiger partial charge is 0.119 e. The van der Waals surface area contributed by atoms with Gasteiger partial charge >= 0.3 is 0 Å². The number of rotatable bonds is 2. The normalized spacial score (nSPS) is 28.1. The highest BCUT2D eigenvalue weighted by molar-refractivity contribution is 7.99. The third-order valence-electron chi connectivity index (χ3n) is 3.97. The lowest BCUT2D eigenvalue weighted by Crippen LogP contribution is -2.43. The Bertz CT molecular complexity index is 526. The number of alkyl halides is 1. The molecule has 1 spiro atoms. The molecule has 1 aromatic carbocycles. The Morgan fingerprint density at radius 3 is 2.95 bits per heavy atom. The van der Waals surface area contributed by atoms with Gasteiger partial charge in [0, 0.05) is 24.2 Å². The molecule has 0 N–H and O–H groups in total. The zero-order valence-corrected chi connectivity index (χ0v) is 13.5. The summed E-state index contributed by atoms with van der Waals surface area (Å²) in [4.78, 5) is 0. The first-order valence-electron chi connectivity index (χ1n) is 7.33. The quantitative estimate of drug-likeness (QED) is 0.611. The summed E-state index contributed by atoms with van der Waals surface area (Å²) in [6.07, 6.45) is 3.40. The highest BCUT2D eigenvalue weighted by atomic mass is 35.5. The molecule has 2 nitrogen and oxygen atoms in total. The summed E-state index contributed by atoms with van der Waals surface area (Å²) in [5, 5.41) is 0. The Morgan fingerprint density at radius 1 is 1.38 bits per heavy atom. The highest BCUT2D eigenvalue weighted by Gasteiger charge is 2.41. The van der Waals surface area contributed by atoms with Crippen LogP contribution >= 0.6 is 23.4 Å². The number of benzene rings is 1. The van der Waals surface area contributed by atoms with Gasteiger partial charge in [0.1, 0.15) is 11.9 Å². The molecular formula is C17H19ClO2S. The van der Waals surface area contributed by atoms with Gasteiger partial charge in [-0.05, 0) is 36.4 Å². The van der Waals surface area contributed by atoms with Crippen molar-refractivity contribution in [2.45, 2.75) is 31.0 Å². The van der Waals surface area contributed by atoms with Crippen LogP contribution < -0.4 is 4.74 Å². The number of thioether (sulfide) groups is 1. The first-order chi connectivity index (χ1) is 10.3. The van der Waals surface area contributed by atoms with E-state index in [1.54, 1.807) is 0 Å². The predicted molar refractivity (Wildman–Crippen MR) is 88.3 cm³/mol. The minimum absolute atomic E-state index is 0.0688. The maximum absolute atomic E-state index is 6.14. The summed E-state index contributed by atoms with van der Waals surface area (Å²) >= 11 is 7.55. The van der Waals surface area contributed by atoms with Gasteiger partial charge in [-0.15, -0.1) is 11.6 Å². The van der Waals surface area contributed by atoms with Crippen molar-refractivity contribution in [1.82, 2.24) is 0 Å². The van der Waals surface area contributed by atoms with Crippen LogP contribution in [0.25, 0.3) is 0 Å². The average Bonchev–Trinajstić information content (AvgIpc) is 2.94. The van der Waals surface area contributed by atoms with E-state index in [2.05, 4.69) is 11.8 Å². The monoisotopic (exact) mass is 322 g/mol. The molecule has 2 atom stereocenters. The molecule has 3 rings (SSSR count). The Morgan fingerprint density at radius 2 is 2.24 bits per heavy atom. The summed E-state index contributed by atoms with van der Waals surface area (Å²) in [5.41, 5.74) is 1.04. The van der Waals surface area contributed by atoms with Crippen LogP contribution in [0.4, 0.5) is 0 Å². The van der Waals surface area contributed by atoms with E-state index in [1.165, 1.54) is 5.75 Å². The molecule has 2 unspecified atom stereocenters. The Balaban J connectivity index is 1.60. The lowest BCUT2D eigenvalue weighted by Gasteiger charge is -2.37. The third kappa shape index (κ3) is 3.88. The molecule has 2 aliphatic heterocycles. The first-order valence-corrected chi connectivity index (χ1v) is 9.02. The maximum Gasteiger partial charge on any atom is 0.119 e. The molecule has 21 heavy (non-hydrogen) atoms. The maximum atomic E-state index is 6.14. The van der Waals surface area contributed by atoms with Gasteiger partial charge in [0.2, 0.25) is 0 Å². The summed E-state index contributed by atoms with van der Waals surface area (Å²) in [7, 11) is 0. The molecule has 0 radical (unpaired) electrons. The first kappa shape index (κ1) is 15.1. The second kappa shape index (κ2) is 6.96. The molecular weight excluding hydrogens is 304 g/mol. The molecule has 1 aromatic rings. The van der Waals surface area contributed by atoms with Crippen LogP contribution in [-0.4, -0.2) is 35.7 Å². The van der Waals surface area contributed by atoms with E-state index >= 15 is 0 Å². The number of hydrogen-bond donors (Lipinski definition) is 0. The molecule has 0 saturated carbocycles. The van der Waals surface area contributed by atoms with Gasteiger partial charge in [-0.25, -0.2) is 0 Å². The van der Waals surface area contributed by atoms with E-state index < -0.39 is 0 Å². The summed E-state index contributed by atoms with van der Waals surface area (Å²) in [6.45, 7) is 0.810. The topological polar surface area (TPSA) is 18.5 Å². The van der Waals surface area contributed by atoms with Gasteiger partial charge in [0.15, 0.2) is 0 Å². The van der Waals surface area contributed by atoms with Crippen LogP contribution in [0.1, 0.15) is 24.8 Å². The van der Waals surface area contributed by atoms with Crippen LogP contribution in [0.15, 0.2) is 24.3 Å². The van der Waals surface area contributed by atoms with Gasteiger partial charge in [-0.2, -0.15) is 11.8 Å². The fourth-order valence-corrected chi connectivity index (χ4v) is 4.34. The van der Waals surface area contributed by atoms with E-state index in [0.717, 1.165) is 42.9 Å². The predicted octanol–water partition coefficient (Wildman–Crippen LogP) is 3.71. The Labute approximate surface area is 135 Å². The average molecular weight is 323 g/mol. The molecule has 112 valence electrons. The van der Waals surface area contributed by atoms with Crippen LogP contribution in [0.3, 0.4) is 0 Å². The van der Waals surface area contributed by atoms with Gasteiger partial charge in [-0.3, -0.25) is 0 Å². The number of halogens is 1. The summed E-state index contributed by atoms with van der Waals surface area (Å²) in [5.74, 6) is 9.46. The van der Waals surface area contributed by atoms with Crippen molar-refractivity contribution >= 4 is 23.4 Å². The van der Waals surface area contributed by atoms with E-state index in [9.17, 15) is 0 Å². The van der Waals surface area contributed by atoms with E-state index in [-0.39, 0.29) is 11.7 Å². The number of hydrogen-bond acceptors (Lipinski definition) is 3. The van der Waals surface area contributed by atoms with Crippen molar-refractivity contribution in [3.05, 3.63) is 29.8 Å². The van der Waals surface area contributed by atoms with Crippen molar-refractivity contribution < 1.29 is 9.47 Å². The lowest BCUT2D eigenvalue weighted by atomic mass is 9.91. The molecule has 2 fully saturated rings. The number of ether oxygens (including phenoxy) is 2. The minimum Gasteiger partial charge on any atom is -0.490 e. The van der Waals surface area contributed by atoms with Gasteiger partial charge < -0.3 is 9.47 Å². The minimum atomic E-state index is 0.0688. The largest absolute Gasteiger partial charge is 0.490 e. The van der Waals surface area contributed by atoms with Gasteiger partial charge in [0.05, 0.1) is 18.1 Å². The summed E-state index contributed by atoms with van der Waals surface area (Å²) < 4.78 is 12.2. The van der Waals surface area contributed by atoms with E-state index in [1.807, 2.05) is 36.0 Å². The molecule has 2 saturated heterocycles. The van der Waals surface area contributed by atoms with Crippen molar-refractivity contribution in [2.24, 2.45) is 0 Å². The molecule has 2 heterocycles. The van der Waals surface area contributed by atoms with E-state index in [0.29, 0.717) is 5.88 Å². The Hall–Kier alpha value is -0.820. The van der Waals surface area contributed by atoms with Crippen molar-refractivity contribution in [2.75, 3.05) is 24.0 Å². The third-order valence-corrected chi connectivity index (χ3v) is 5.33. The SMILES string of the molecule is ClCC#Cc1ccc(OC2CCOC3(CCSC3)C2)cc1. The van der Waals surface area contributed by atoms with Crippen LogP contribution in [0.5, 0.6) is 5.75 Å². The molecule has 0 amide bonds. The molecule has 0 aliphatic carbocycles. The van der Waals surface area contributed by atoms with Crippen molar-refractivity contribution in [3.63, 3.8) is 0 Å². The van der Waals surface area contributed by atoms with Crippen molar-refractivity contribution in [1.29, 1.82) is 0 Å². The van der Waals surface area contributed by atoms with Crippen LogP contribution in [-0.2, 0) is 4.74 Å². The van der Waals surface area contributed by atoms with Crippen LogP contribution in [0.2, 0.25) is 0 Å². The zero-order chi connectivity index (χ0) is 14.5. The zero-order valence-electron chi connectivity index (χ0n) is 11.9. The molecule has 2 aliphatic rings. The molecule has 0 bridgehead atoms. The fourth-order valence-electron chi connectivity index (χ4n) is 2.89. The fraction of sp³-hybridized carbons (Fsp3) is 0.529. The standard InChI is InChI=1S/C17H19ClO2S/c18-9-1-2-14-3-5-15(6-4-14)20-16-7-10-19-17(12-16)8-11-21-13-17/h3-6,16H,7-13H2. The lowest BCUT2D eigenvalue weighted by molar-refractivity contribution is -0.0958. The van der Waals surface area contributed by atoms with Crippen molar-refractivity contribution in [3.8, 4) is 17.6 Å². The Kier molecular flexibility index (Phi) is 5.00. The second-order valence-electron chi connectivity index (χ2n) is 5.53. The van der Waals surface area contributed by atoms with E-state index in [4.69, 9.17) is 21.1 Å². The van der Waals surface area contributed by atoms with Gasteiger partial charge in [-0.1, -0.05) is 11.8 Å². The molecule has 0 aromatic heterocycles. The van der Waals surface area contributed by atoms with Gasteiger partial charge in [0.25, 0.3) is 0 Å². The molecule has 4 heteroatoms. The second-order valence-corrected chi connectivity index (χ2v) is 6.90. The van der Waals surface area contributed by atoms with Crippen LogP contribution in [0, 0.1) is 11.8 Å². The summed E-state index contributed by atoms with van der Waals surface area (Å²) in [6, 6.07) is 7.94.